The maximum absolute atomic E-state index is 12.9. The van der Waals surface area contributed by atoms with Gasteiger partial charge in [-0.2, -0.15) is 0 Å². The molecule has 0 saturated heterocycles. The van der Waals surface area contributed by atoms with Gasteiger partial charge in [-0.05, 0) is 0 Å². The van der Waals surface area contributed by atoms with E-state index in [2.05, 4.69) is 72.8 Å². The van der Waals surface area contributed by atoms with Crippen LogP contribution in [0.1, 0.15) is 0 Å². The van der Waals surface area contributed by atoms with Crippen LogP contribution in [0.2, 0.25) is 0 Å². The van der Waals surface area contributed by atoms with E-state index < -0.39 is 7.26 Å². The second kappa shape index (κ2) is 8.45. The Morgan fingerprint density at radius 3 is 1.62 bits per heavy atom. The molecule has 0 aliphatic carbocycles. The van der Waals surface area contributed by atoms with E-state index >= 15 is 0 Å². The van der Waals surface area contributed by atoms with E-state index in [4.69, 9.17) is 9.15 Å². The number of hydrogen-bond donors (Lipinski definition) is 0. The zero-order valence-corrected chi connectivity index (χ0v) is 18.7. The number of methoxy groups -OCH3 is 1. The molecule has 0 radical (unpaired) electrons. The molecule has 1 heterocycles. The third-order valence-corrected chi connectivity index (χ3v) is 10.8. The van der Waals surface area contributed by atoms with Gasteiger partial charge in [-0.3, -0.25) is 0 Å². The van der Waals surface area contributed by atoms with Crippen LogP contribution in [-0.2, 0) is 0 Å². The van der Waals surface area contributed by atoms with Crippen molar-refractivity contribution in [3.8, 4) is 5.75 Å². The average molecular weight is 438 g/mol. The Hall–Kier alpha value is -3.68. The Morgan fingerprint density at radius 1 is 0.656 bits per heavy atom. The van der Waals surface area contributed by atoms with Gasteiger partial charge in [0, 0.05) is 0 Å². The molecule has 0 unspecified atom stereocenters. The summed E-state index contributed by atoms with van der Waals surface area (Å²) in [6.07, 6.45) is 0. The summed E-state index contributed by atoms with van der Waals surface area (Å²) < 4.78 is 11.0. The summed E-state index contributed by atoms with van der Waals surface area (Å²) in [5, 5.41) is 5.56. The van der Waals surface area contributed by atoms with Gasteiger partial charge in [0.25, 0.3) is 0 Å². The number of fused-ring (bicyclic) bond motifs is 1. The van der Waals surface area contributed by atoms with Crippen LogP contribution in [0.25, 0.3) is 11.0 Å². The fourth-order valence-electron chi connectivity index (χ4n) is 4.61. The minimum atomic E-state index is -2.82. The molecule has 0 saturated carbocycles. The molecule has 0 fully saturated rings. The number of benzene rings is 4. The molecule has 3 nitrogen and oxygen atoms in total. The second-order valence-electron chi connectivity index (χ2n) is 7.69. The molecule has 0 atom stereocenters. The molecule has 4 aromatic carbocycles. The van der Waals surface area contributed by atoms with Crippen LogP contribution in [0.4, 0.5) is 0 Å². The van der Waals surface area contributed by atoms with E-state index in [0.717, 1.165) is 10.7 Å². The molecule has 0 amide bonds. The Labute approximate surface area is 187 Å². The molecule has 1 aromatic heterocycles. The molecule has 0 aliphatic heterocycles. The van der Waals surface area contributed by atoms with Crippen molar-refractivity contribution in [2.75, 3.05) is 7.11 Å². The van der Waals surface area contributed by atoms with Crippen molar-refractivity contribution < 1.29 is 9.15 Å². The van der Waals surface area contributed by atoms with Gasteiger partial charge in [0.05, 0.1) is 0 Å². The topological polar surface area (TPSA) is 39.4 Å². The zero-order chi connectivity index (χ0) is 22.0. The molecule has 32 heavy (non-hydrogen) atoms. The van der Waals surface area contributed by atoms with Gasteiger partial charge in [0.15, 0.2) is 0 Å². The van der Waals surface area contributed by atoms with E-state index in [1.54, 1.807) is 19.2 Å². The van der Waals surface area contributed by atoms with E-state index in [0.29, 0.717) is 11.3 Å². The fraction of sp³-hybridized carbons (Fsp3) is 0.0357. The van der Waals surface area contributed by atoms with Gasteiger partial charge in [-0.1, -0.05) is 0 Å². The Morgan fingerprint density at radius 2 is 1.16 bits per heavy atom. The van der Waals surface area contributed by atoms with Crippen LogP contribution in [-0.4, -0.2) is 7.11 Å². The van der Waals surface area contributed by atoms with Gasteiger partial charge >= 0.3 is 187 Å². The van der Waals surface area contributed by atoms with E-state index in [9.17, 15) is 4.79 Å². The molecule has 0 spiro atoms. The van der Waals surface area contributed by atoms with Gasteiger partial charge in [-0.15, -0.1) is 0 Å². The molecule has 4 heteroatoms. The van der Waals surface area contributed by atoms with Crippen molar-refractivity contribution in [2.24, 2.45) is 0 Å². The molecule has 158 valence electrons. The predicted molar refractivity (Wildman–Crippen MR) is 135 cm³/mol. The molecule has 0 N–H and O–H groups in total. The number of ether oxygens (including phenoxy) is 1. The van der Waals surface area contributed by atoms with Crippen molar-refractivity contribution in [1.29, 1.82) is 0 Å². The van der Waals surface area contributed by atoms with E-state index in [1.807, 2.05) is 30.3 Å². The third-order valence-electron chi connectivity index (χ3n) is 5.98. The van der Waals surface area contributed by atoms with Crippen molar-refractivity contribution in [3.05, 3.63) is 126 Å². The van der Waals surface area contributed by atoms with E-state index in [1.165, 1.54) is 15.9 Å². The second-order valence-corrected chi connectivity index (χ2v) is 11.5. The number of rotatable bonds is 5. The van der Waals surface area contributed by atoms with Gasteiger partial charge in [0.1, 0.15) is 0 Å². The summed E-state index contributed by atoms with van der Waals surface area (Å²) in [5.74, 6) is 0.657. The Kier molecular flexibility index (Phi) is 5.34. The van der Waals surface area contributed by atoms with Crippen LogP contribution >= 0.6 is 7.26 Å². The van der Waals surface area contributed by atoms with Crippen LogP contribution in [0.3, 0.4) is 0 Å². The standard InChI is InChI=1S/C28H23O3P/c1-30-21-17-18-25-26(19-21)31-28(29)20-27(25)32(22-11-5-2-6-12-22,23-13-7-3-8-14-23)24-15-9-4-10-16-24/h2-20,32H,1H3. The Bertz CT molecular complexity index is 1310. The summed E-state index contributed by atoms with van der Waals surface area (Å²) in [6.45, 7) is 0. The summed E-state index contributed by atoms with van der Waals surface area (Å²) in [6, 6.07) is 39.0. The molecule has 0 bridgehead atoms. The quantitative estimate of drug-likeness (QED) is 0.306. The fourth-order valence-corrected chi connectivity index (χ4v) is 9.57. The summed E-state index contributed by atoms with van der Waals surface area (Å²) in [7, 11) is -1.21. The first-order valence-corrected chi connectivity index (χ1v) is 12.5. The molecule has 0 aliphatic rings. The molecule has 5 rings (SSSR count). The Balaban J connectivity index is 2.00. The third kappa shape index (κ3) is 3.32. The van der Waals surface area contributed by atoms with Crippen molar-refractivity contribution >= 4 is 39.4 Å². The maximum atomic E-state index is 12.9. The average Bonchev–Trinajstić information content (AvgIpc) is 2.86. The predicted octanol–water partition coefficient (Wildman–Crippen LogP) is 4.15. The van der Waals surface area contributed by atoms with Crippen molar-refractivity contribution in [3.63, 3.8) is 0 Å². The molecular weight excluding hydrogens is 415 g/mol. The summed E-state index contributed by atoms with van der Waals surface area (Å²) in [5.41, 5.74) is 0.173. The van der Waals surface area contributed by atoms with Crippen molar-refractivity contribution in [2.45, 2.75) is 0 Å². The summed E-state index contributed by atoms with van der Waals surface area (Å²) in [4.78, 5) is 12.9. The zero-order valence-electron chi connectivity index (χ0n) is 17.7. The number of hydrogen-bond acceptors (Lipinski definition) is 3. The monoisotopic (exact) mass is 438 g/mol. The summed E-state index contributed by atoms with van der Waals surface area (Å²) >= 11 is 0. The van der Waals surface area contributed by atoms with Gasteiger partial charge in [-0.25, -0.2) is 0 Å². The van der Waals surface area contributed by atoms with Gasteiger partial charge in [0.2, 0.25) is 0 Å². The van der Waals surface area contributed by atoms with Crippen LogP contribution < -0.4 is 31.6 Å². The normalized spacial score (nSPS) is 11.9. The SMILES string of the molecule is COc1ccc2c([PH](c3ccccc3)(c3ccccc3)c3ccccc3)cc(=O)oc2c1. The molecular formula is C28H23O3P. The van der Waals surface area contributed by atoms with Crippen LogP contribution in [0, 0.1) is 0 Å². The molecule has 5 aromatic rings. The van der Waals surface area contributed by atoms with Gasteiger partial charge < -0.3 is 0 Å². The van der Waals surface area contributed by atoms with Crippen molar-refractivity contribution in [1.82, 2.24) is 0 Å². The van der Waals surface area contributed by atoms with E-state index in [-0.39, 0.29) is 5.63 Å². The first-order chi connectivity index (χ1) is 15.7. The van der Waals surface area contributed by atoms with Crippen LogP contribution in [0.15, 0.2) is 124 Å². The minimum absolute atomic E-state index is 0.361. The first kappa shape index (κ1) is 20.2. The first-order valence-electron chi connectivity index (χ1n) is 10.5. The van der Waals surface area contributed by atoms with Crippen LogP contribution in [0.5, 0.6) is 5.75 Å².